The Hall–Kier alpha value is -1.35. The molecular weight excluding hydrogens is 236 g/mol. The molecule has 0 aliphatic carbocycles. The molecule has 1 atom stereocenters. The molecule has 102 valence electrons. The Morgan fingerprint density at radius 3 is 2.79 bits per heavy atom. The number of hydrogen-bond donors (Lipinski definition) is 1. The first-order valence-electron chi connectivity index (χ1n) is 7.22. The fourth-order valence-electron chi connectivity index (χ4n) is 3.53. The number of hydrogen-bond acceptors (Lipinski definition) is 2. The molecule has 3 heteroatoms. The van der Waals surface area contributed by atoms with Gasteiger partial charge in [-0.05, 0) is 57.4 Å². The first kappa shape index (κ1) is 12.7. The molecule has 3 rings (SSSR count). The van der Waals surface area contributed by atoms with Crippen LogP contribution >= 0.6 is 0 Å². The number of fused-ring (bicyclic) bond motifs is 2. The monoisotopic (exact) mass is 258 g/mol. The van der Waals surface area contributed by atoms with Crippen LogP contribution in [0.3, 0.4) is 0 Å². The minimum absolute atomic E-state index is 0.217. The predicted octanol–water partition coefficient (Wildman–Crippen LogP) is 2.37. The number of carbonyl (C=O) groups excluding carboxylic acids is 1. The lowest BCUT2D eigenvalue weighted by Gasteiger charge is -2.33. The third-order valence-electron chi connectivity index (χ3n) is 4.46. The highest BCUT2D eigenvalue weighted by atomic mass is 16.2. The number of piperidine rings is 1. The lowest BCUT2D eigenvalue weighted by Crippen LogP contribution is -2.51. The molecule has 0 bridgehead atoms. The third-order valence-corrected chi connectivity index (χ3v) is 4.46. The molecule has 3 nitrogen and oxygen atoms in total. The molecule has 1 amide bonds. The summed E-state index contributed by atoms with van der Waals surface area (Å²) in [7, 11) is 0. The lowest BCUT2D eigenvalue weighted by atomic mass is 9.75. The number of rotatable bonds is 1. The second-order valence-electron chi connectivity index (χ2n) is 6.15. The molecular formula is C16H22N2O. The van der Waals surface area contributed by atoms with Crippen LogP contribution in [0.5, 0.6) is 0 Å². The van der Waals surface area contributed by atoms with E-state index in [4.69, 9.17) is 0 Å². The maximum atomic E-state index is 13.0. The Balaban J connectivity index is 2.17. The van der Waals surface area contributed by atoms with Crippen LogP contribution in [0, 0.1) is 6.92 Å². The molecule has 0 aromatic heterocycles. The van der Waals surface area contributed by atoms with E-state index in [2.05, 4.69) is 44.3 Å². The van der Waals surface area contributed by atoms with Gasteiger partial charge in [0.05, 0.1) is 5.41 Å². The highest BCUT2D eigenvalue weighted by Crippen LogP contribution is 2.46. The minimum Gasteiger partial charge on any atom is -0.315 e. The molecule has 1 spiro atoms. The Morgan fingerprint density at radius 1 is 1.37 bits per heavy atom. The van der Waals surface area contributed by atoms with Gasteiger partial charge in [0, 0.05) is 18.3 Å². The maximum Gasteiger partial charge on any atom is 0.239 e. The number of anilines is 1. The van der Waals surface area contributed by atoms with Gasteiger partial charge in [-0.2, -0.15) is 0 Å². The van der Waals surface area contributed by atoms with Crippen LogP contribution in [-0.4, -0.2) is 25.0 Å². The summed E-state index contributed by atoms with van der Waals surface area (Å²) in [6.07, 6.45) is 2.04. The molecule has 0 radical (unpaired) electrons. The van der Waals surface area contributed by atoms with Crippen molar-refractivity contribution in [2.24, 2.45) is 0 Å². The number of carbonyl (C=O) groups is 1. The normalized spacial score (nSPS) is 26.3. The molecule has 0 saturated carbocycles. The molecule has 1 saturated heterocycles. The molecule has 2 aliphatic heterocycles. The van der Waals surface area contributed by atoms with Crippen LogP contribution in [0.4, 0.5) is 5.69 Å². The molecule has 1 unspecified atom stereocenters. The SMILES string of the molecule is Cc1ccc2c(c1)N(C(C)C)C(=O)C21CCCNC1. The lowest BCUT2D eigenvalue weighted by molar-refractivity contribution is -0.124. The first-order valence-corrected chi connectivity index (χ1v) is 7.22. The van der Waals surface area contributed by atoms with Crippen molar-refractivity contribution >= 4 is 11.6 Å². The van der Waals surface area contributed by atoms with Gasteiger partial charge in [-0.25, -0.2) is 0 Å². The van der Waals surface area contributed by atoms with Crippen LogP contribution in [0.15, 0.2) is 18.2 Å². The van der Waals surface area contributed by atoms with E-state index in [1.54, 1.807) is 0 Å². The number of nitrogens with one attached hydrogen (secondary N) is 1. The summed E-state index contributed by atoms with van der Waals surface area (Å²) in [6, 6.07) is 6.68. The van der Waals surface area contributed by atoms with E-state index < -0.39 is 0 Å². The van der Waals surface area contributed by atoms with Crippen molar-refractivity contribution < 1.29 is 4.79 Å². The Kier molecular flexibility index (Phi) is 2.90. The molecule has 1 fully saturated rings. The predicted molar refractivity (Wildman–Crippen MR) is 77.6 cm³/mol. The molecule has 2 heterocycles. The van der Waals surface area contributed by atoms with E-state index in [1.165, 1.54) is 11.1 Å². The zero-order valence-electron chi connectivity index (χ0n) is 12.0. The van der Waals surface area contributed by atoms with Crippen molar-refractivity contribution in [3.8, 4) is 0 Å². The zero-order chi connectivity index (χ0) is 13.6. The maximum absolute atomic E-state index is 13.0. The highest BCUT2D eigenvalue weighted by Gasteiger charge is 2.51. The first-order chi connectivity index (χ1) is 9.06. The van der Waals surface area contributed by atoms with Gasteiger partial charge in [0.15, 0.2) is 0 Å². The molecule has 1 aromatic carbocycles. The van der Waals surface area contributed by atoms with Gasteiger partial charge >= 0.3 is 0 Å². The van der Waals surface area contributed by atoms with Crippen molar-refractivity contribution in [3.05, 3.63) is 29.3 Å². The van der Waals surface area contributed by atoms with E-state index in [1.807, 2.05) is 4.90 Å². The van der Waals surface area contributed by atoms with E-state index in [0.717, 1.165) is 31.6 Å². The topological polar surface area (TPSA) is 32.3 Å². The summed E-state index contributed by atoms with van der Waals surface area (Å²) >= 11 is 0. The second-order valence-corrected chi connectivity index (χ2v) is 6.15. The molecule has 1 aromatic rings. The number of aryl methyl sites for hydroxylation is 1. The van der Waals surface area contributed by atoms with E-state index >= 15 is 0 Å². The fourth-order valence-corrected chi connectivity index (χ4v) is 3.53. The Bertz CT molecular complexity index is 515. The van der Waals surface area contributed by atoms with Gasteiger partial charge in [-0.1, -0.05) is 12.1 Å². The van der Waals surface area contributed by atoms with Crippen LogP contribution in [0.2, 0.25) is 0 Å². The van der Waals surface area contributed by atoms with Gasteiger partial charge in [0.2, 0.25) is 5.91 Å². The number of nitrogens with zero attached hydrogens (tertiary/aromatic N) is 1. The van der Waals surface area contributed by atoms with Gasteiger partial charge < -0.3 is 10.2 Å². The zero-order valence-corrected chi connectivity index (χ0v) is 12.0. The number of amides is 1. The average molecular weight is 258 g/mol. The fraction of sp³-hybridized carbons (Fsp3) is 0.562. The summed E-state index contributed by atoms with van der Waals surface area (Å²) in [5, 5.41) is 3.42. The van der Waals surface area contributed by atoms with Crippen LogP contribution in [-0.2, 0) is 10.2 Å². The second kappa shape index (κ2) is 4.34. The number of benzene rings is 1. The van der Waals surface area contributed by atoms with Crippen molar-refractivity contribution in [1.29, 1.82) is 0 Å². The summed E-state index contributed by atoms with van der Waals surface area (Å²) in [5.74, 6) is 0.287. The molecule has 19 heavy (non-hydrogen) atoms. The van der Waals surface area contributed by atoms with Gasteiger partial charge in [-0.15, -0.1) is 0 Å². The summed E-state index contributed by atoms with van der Waals surface area (Å²) < 4.78 is 0. The Labute approximate surface area is 115 Å². The highest BCUT2D eigenvalue weighted by molar-refractivity contribution is 6.08. The van der Waals surface area contributed by atoms with E-state index in [9.17, 15) is 4.79 Å². The summed E-state index contributed by atoms with van der Waals surface area (Å²) in [6.45, 7) is 8.09. The van der Waals surface area contributed by atoms with Crippen molar-refractivity contribution in [1.82, 2.24) is 5.32 Å². The van der Waals surface area contributed by atoms with E-state index in [-0.39, 0.29) is 17.4 Å². The van der Waals surface area contributed by atoms with Crippen molar-refractivity contribution in [3.63, 3.8) is 0 Å². The van der Waals surface area contributed by atoms with Gasteiger partial charge in [-0.3, -0.25) is 4.79 Å². The van der Waals surface area contributed by atoms with Crippen LogP contribution in [0.1, 0.15) is 37.8 Å². The largest absolute Gasteiger partial charge is 0.315 e. The summed E-state index contributed by atoms with van der Waals surface area (Å²) in [4.78, 5) is 15.0. The van der Waals surface area contributed by atoms with Crippen molar-refractivity contribution in [2.75, 3.05) is 18.0 Å². The Morgan fingerprint density at radius 2 is 2.16 bits per heavy atom. The smallest absolute Gasteiger partial charge is 0.239 e. The summed E-state index contributed by atoms with van der Waals surface area (Å²) in [5.41, 5.74) is 3.26. The van der Waals surface area contributed by atoms with Crippen molar-refractivity contribution in [2.45, 2.75) is 45.1 Å². The minimum atomic E-state index is -0.314. The quantitative estimate of drug-likeness (QED) is 0.838. The van der Waals surface area contributed by atoms with Crippen LogP contribution < -0.4 is 10.2 Å². The van der Waals surface area contributed by atoms with Gasteiger partial charge in [0.25, 0.3) is 0 Å². The van der Waals surface area contributed by atoms with E-state index in [0.29, 0.717) is 0 Å². The third kappa shape index (κ3) is 1.71. The molecule has 1 N–H and O–H groups in total. The van der Waals surface area contributed by atoms with Gasteiger partial charge in [0.1, 0.15) is 0 Å². The van der Waals surface area contributed by atoms with Crippen LogP contribution in [0.25, 0.3) is 0 Å². The molecule has 2 aliphatic rings. The average Bonchev–Trinajstić information content (AvgIpc) is 2.60. The standard InChI is InChI=1S/C16H22N2O/c1-11(2)18-14-9-12(3)5-6-13(14)16(15(18)19)7-4-8-17-10-16/h5-6,9,11,17H,4,7-8,10H2,1-3H3.